The lowest BCUT2D eigenvalue weighted by molar-refractivity contribution is -0.146. The molecule has 5 heteroatoms. The number of thiophene rings is 1. The van der Waals surface area contributed by atoms with E-state index < -0.39 is 0 Å². The number of amides is 2. The monoisotopic (exact) mass is 438 g/mol. The van der Waals surface area contributed by atoms with Crippen molar-refractivity contribution in [3.63, 3.8) is 0 Å². The van der Waals surface area contributed by atoms with Crippen molar-refractivity contribution in [2.75, 3.05) is 13.1 Å². The molecule has 1 aromatic heterocycles. The lowest BCUT2D eigenvalue weighted by atomic mass is 9.90. The molecule has 0 saturated heterocycles. The fraction of sp³-hybridized carbons (Fsp3) is 0.538. The van der Waals surface area contributed by atoms with Gasteiger partial charge in [0.2, 0.25) is 11.8 Å². The van der Waals surface area contributed by atoms with Gasteiger partial charge in [-0.15, -0.1) is 11.3 Å². The first kappa shape index (κ1) is 22.1. The highest BCUT2D eigenvalue weighted by molar-refractivity contribution is 7.10. The van der Waals surface area contributed by atoms with Gasteiger partial charge in [-0.1, -0.05) is 57.4 Å². The van der Waals surface area contributed by atoms with Crippen molar-refractivity contribution in [2.45, 2.75) is 71.4 Å². The zero-order valence-electron chi connectivity index (χ0n) is 19.0. The first-order valence-corrected chi connectivity index (χ1v) is 12.6. The fourth-order valence-corrected chi connectivity index (χ4v) is 6.07. The van der Waals surface area contributed by atoms with Crippen molar-refractivity contribution >= 4 is 23.2 Å². The van der Waals surface area contributed by atoms with Gasteiger partial charge in [-0.05, 0) is 54.3 Å². The number of carbonyl (C=O) groups is 2. The maximum absolute atomic E-state index is 13.7. The fourth-order valence-electron chi connectivity index (χ4n) is 5.16. The second-order valence-corrected chi connectivity index (χ2v) is 10.3. The molecule has 31 heavy (non-hydrogen) atoms. The first-order chi connectivity index (χ1) is 15.0. The maximum atomic E-state index is 13.7. The highest BCUT2D eigenvalue weighted by atomic mass is 32.1. The van der Waals surface area contributed by atoms with Crippen LogP contribution in [0.25, 0.3) is 0 Å². The van der Waals surface area contributed by atoms with E-state index in [1.54, 1.807) is 11.3 Å². The molecule has 1 aliphatic carbocycles. The SMILES string of the molecule is Cc1ccccc1C1c2ccsc2CCN1C(=O)CN(C(=O)C(C)C)C1CCCCC1. The van der Waals surface area contributed by atoms with E-state index in [1.165, 1.54) is 28.0 Å². The molecule has 0 N–H and O–H groups in total. The van der Waals surface area contributed by atoms with Gasteiger partial charge in [0, 0.05) is 23.4 Å². The Kier molecular flexibility index (Phi) is 6.80. The Morgan fingerprint density at radius 3 is 2.55 bits per heavy atom. The lowest BCUT2D eigenvalue weighted by Gasteiger charge is -2.40. The number of carbonyl (C=O) groups excluding carboxylic acids is 2. The molecule has 4 rings (SSSR count). The molecule has 2 aliphatic rings. The number of benzene rings is 1. The molecule has 1 saturated carbocycles. The third kappa shape index (κ3) is 4.57. The molecule has 2 heterocycles. The Bertz CT molecular complexity index is 929. The number of hydrogen-bond acceptors (Lipinski definition) is 3. The quantitative estimate of drug-likeness (QED) is 0.631. The molecule has 4 nitrogen and oxygen atoms in total. The summed E-state index contributed by atoms with van der Waals surface area (Å²) < 4.78 is 0. The Labute approximate surface area is 190 Å². The molecule has 0 bridgehead atoms. The van der Waals surface area contributed by atoms with Crippen molar-refractivity contribution in [1.29, 1.82) is 0 Å². The molecule has 1 unspecified atom stereocenters. The number of hydrogen-bond donors (Lipinski definition) is 0. The van der Waals surface area contributed by atoms with Gasteiger partial charge in [-0.2, -0.15) is 0 Å². The number of aryl methyl sites for hydroxylation is 1. The van der Waals surface area contributed by atoms with Gasteiger partial charge < -0.3 is 9.80 Å². The van der Waals surface area contributed by atoms with Gasteiger partial charge in [0.1, 0.15) is 6.54 Å². The normalized spacial score (nSPS) is 19.4. The highest BCUT2D eigenvalue weighted by Crippen LogP contribution is 2.39. The van der Waals surface area contributed by atoms with Gasteiger partial charge in [0.15, 0.2) is 0 Å². The van der Waals surface area contributed by atoms with Crippen LogP contribution in [-0.4, -0.2) is 40.7 Å². The van der Waals surface area contributed by atoms with Crippen molar-refractivity contribution in [3.8, 4) is 0 Å². The van der Waals surface area contributed by atoms with Crippen LogP contribution in [0, 0.1) is 12.8 Å². The third-order valence-electron chi connectivity index (χ3n) is 6.87. The van der Waals surface area contributed by atoms with Crippen LogP contribution in [0.3, 0.4) is 0 Å². The molecule has 2 aromatic rings. The van der Waals surface area contributed by atoms with E-state index in [0.717, 1.165) is 32.1 Å². The van der Waals surface area contributed by atoms with Crippen LogP contribution in [0.1, 0.15) is 73.6 Å². The molecular formula is C26H34N2O2S. The van der Waals surface area contributed by atoms with Crippen LogP contribution in [0.2, 0.25) is 0 Å². The van der Waals surface area contributed by atoms with E-state index in [1.807, 2.05) is 23.6 Å². The Hall–Kier alpha value is -2.14. The van der Waals surface area contributed by atoms with Gasteiger partial charge in [0.05, 0.1) is 6.04 Å². The van der Waals surface area contributed by atoms with E-state index in [4.69, 9.17) is 0 Å². The Morgan fingerprint density at radius 1 is 1.10 bits per heavy atom. The molecule has 166 valence electrons. The summed E-state index contributed by atoms with van der Waals surface area (Å²) in [6.45, 7) is 6.91. The van der Waals surface area contributed by atoms with Crippen LogP contribution in [0.15, 0.2) is 35.7 Å². The van der Waals surface area contributed by atoms with Crippen LogP contribution in [0.5, 0.6) is 0 Å². The summed E-state index contributed by atoms with van der Waals surface area (Å²) in [6, 6.07) is 10.7. The molecule has 0 radical (unpaired) electrons. The zero-order valence-corrected chi connectivity index (χ0v) is 19.8. The zero-order chi connectivity index (χ0) is 22.0. The van der Waals surface area contributed by atoms with Gasteiger partial charge >= 0.3 is 0 Å². The molecule has 2 amide bonds. The molecule has 1 aliphatic heterocycles. The predicted molar refractivity (Wildman–Crippen MR) is 126 cm³/mol. The molecule has 1 aromatic carbocycles. The highest BCUT2D eigenvalue weighted by Gasteiger charge is 2.36. The molecule has 1 atom stereocenters. The number of fused-ring (bicyclic) bond motifs is 1. The van der Waals surface area contributed by atoms with Crippen LogP contribution >= 0.6 is 11.3 Å². The topological polar surface area (TPSA) is 40.6 Å². The van der Waals surface area contributed by atoms with Crippen LogP contribution < -0.4 is 0 Å². The van der Waals surface area contributed by atoms with E-state index >= 15 is 0 Å². The van der Waals surface area contributed by atoms with Crippen molar-refractivity contribution in [1.82, 2.24) is 9.80 Å². The molecule has 1 fully saturated rings. The summed E-state index contributed by atoms with van der Waals surface area (Å²) in [4.78, 5) is 32.1. The average molecular weight is 439 g/mol. The van der Waals surface area contributed by atoms with Crippen molar-refractivity contribution in [3.05, 3.63) is 57.3 Å². The summed E-state index contributed by atoms with van der Waals surface area (Å²) in [5.74, 6) is 0.0947. The Balaban J connectivity index is 1.63. The Morgan fingerprint density at radius 2 is 1.84 bits per heavy atom. The van der Waals surface area contributed by atoms with E-state index in [0.29, 0.717) is 6.54 Å². The number of nitrogens with zero attached hydrogens (tertiary/aromatic N) is 2. The van der Waals surface area contributed by atoms with E-state index in [-0.39, 0.29) is 36.4 Å². The van der Waals surface area contributed by atoms with Crippen LogP contribution in [0.4, 0.5) is 0 Å². The van der Waals surface area contributed by atoms with Crippen LogP contribution in [-0.2, 0) is 16.0 Å². The number of rotatable bonds is 5. The summed E-state index contributed by atoms with van der Waals surface area (Å²) in [5.41, 5.74) is 3.64. The summed E-state index contributed by atoms with van der Waals surface area (Å²) in [7, 11) is 0. The summed E-state index contributed by atoms with van der Waals surface area (Å²) >= 11 is 1.79. The summed E-state index contributed by atoms with van der Waals surface area (Å²) in [6.07, 6.45) is 6.45. The largest absolute Gasteiger partial charge is 0.330 e. The second kappa shape index (κ2) is 9.56. The minimum atomic E-state index is -0.0910. The molecule has 0 spiro atoms. The van der Waals surface area contributed by atoms with E-state index in [2.05, 4.69) is 42.6 Å². The lowest BCUT2D eigenvalue weighted by Crippen LogP contribution is -2.51. The minimum Gasteiger partial charge on any atom is -0.330 e. The maximum Gasteiger partial charge on any atom is 0.243 e. The average Bonchev–Trinajstić information content (AvgIpc) is 3.26. The van der Waals surface area contributed by atoms with Gasteiger partial charge in [-0.25, -0.2) is 0 Å². The first-order valence-electron chi connectivity index (χ1n) is 11.7. The standard InChI is InChI=1S/C26H34N2O2S/c1-18(2)26(30)28(20-10-5-4-6-11-20)17-24(29)27-15-13-23-22(14-16-31-23)25(27)21-12-8-7-9-19(21)3/h7-9,12,14,16,18,20,25H,4-6,10-11,13,15,17H2,1-3H3. The predicted octanol–water partition coefficient (Wildman–Crippen LogP) is 5.35. The van der Waals surface area contributed by atoms with Gasteiger partial charge in [-0.3, -0.25) is 9.59 Å². The second-order valence-electron chi connectivity index (χ2n) is 9.31. The van der Waals surface area contributed by atoms with Crippen molar-refractivity contribution < 1.29 is 9.59 Å². The van der Waals surface area contributed by atoms with E-state index in [9.17, 15) is 9.59 Å². The third-order valence-corrected chi connectivity index (χ3v) is 7.86. The minimum absolute atomic E-state index is 0.0638. The van der Waals surface area contributed by atoms with Crippen molar-refractivity contribution in [2.24, 2.45) is 5.92 Å². The smallest absolute Gasteiger partial charge is 0.243 e. The summed E-state index contributed by atoms with van der Waals surface area (Å²) in [5, 5.41) is 2.14. The van der Waals surface area contributed by atoms with Gasteiger partial charge in [0.25, 0.3) is 0 Å². The molecular weight excluding hydrogens is 404 g/mol.